The van der Waals surface area contributed by atoms with E-state index in [0.717, 1.165) is 0 Å². The molecule has 0 aromatic heterocycles. The van der Waals surface area contributed by atoms with E-state index in [1.807, 2.05) is 0 Å². The van der Waals surface area contributed by atoms with Crippen molar-refractivity contribution >= 4 is 29.7 Å². The number of halogens is 1. The molecular weight excluding hydrogens is 220 g/mol. The average molecular weight is 235 g/mol. The molecule has 0 fully saturated rings. The third-order valence-electron chi connectivity index (χ3n) is 1.53. The summed E-state index contributed by atoms with van der Waals surface area (Å²) in [5.74, 6) is 0.452. The Morgan fingerprint density at radius 1 is 1.47 bits per heavy atom. The quantitative estimate of drug-likeness (QED) is 0.742. The van der Waals surface area contributed by atoms with Crippen LogP contribution < -0.4 is 15.8 Å². The Labute approximate surface area is 94.3 Å². The number of ether oxygens (including phenoxy) is 1. The first-order valence-electron chi connectivity index (χ1n) is 3.84. The smallest absolute Gasteiger partial charge is 0.221 e. The van der Waals surface area contributed by atoms with Crippen LogP contribution in [0, 0.1) is 0 Å². The Hall–Kier alpha value is -1.46. The van der Waals surface area contributed by atoms with Crippen molar-refractivity contribution in [3.8, 4) is 5.75 Å². The van der Waals surface area contributed by atoms with Gasteiger partial charge < -0.3 is 21.3 Å². The van der Waals surface area contributed by atoms with Crippen molar-refractivity contribution in [2.24, 2.45) is 0 Å². The van der Waals surface area contributed by atoms with Crippen LogP contribution in [-0.4, -0.2) is 18.5 Å². The lowest BCUT2D eigenvalue weighted by atomic mass is 10.2. The summed E-state index contributed by atoms with van der Waals surface area (Å²) in [4.78, 5) is 10.8. The Balaban J connectivity index is 0. The molecule has 0 aliphatic rings. The number of nitrogen functional groups attached to an aromatic ring is 1. The molecule has 1 aromatic carbocycles. The second-order valence-corrected chi connectivity index (χ2v) is 2.64. The van der Waals surface area contributed by atoms with Crippen LogP contribution in [-0.2, 0) is 4.79 Å². The fourth-order valence-corrected chi connectivity index (χ4v) is 1.01. The maximum absolute atomic E-state index is 10.8. The number of amides is 1. The van der Waals surface area contributed by atoms with Gasteiger partial charge >= 0.3 is 0 Å². The molecule has 1 rings (SSSR count). The minimum absolute atomic E-state index is 0. The molecule has 5 N–H and O–H groups in total. The van der Waals surface area contributed by atoms with E-state index < -0.39 is 0 Å². The predicted molar refractivity (Wildman–Crippen MR) is 62.6 cm³/mol. The van der Waals surface area contributed by atoms with E-state index in [0.29, 0.717) is 17.1 Å². The fourth-order valence-electron chi connectivity index (χ4n) is 1.01. The predicted octanol–water partition coefficient (Wildman–Crippen LogP) is 0.833. The molecule has 0 radical (unpaired) electrons. The van der Waals surface area contributed by atoms with Gasteiger partial charge in [0, 0.05) is 12.6 Å². The monoisotopic (exact) mass is 234 g/mol. The zero-order valence-corrected chi connectivity index (χ0v) is 9.35. The van der Waals surface area contributed by atoms with Gasteiger partial charge in [0.15, 0.2) is 0 Å². The van der Waals surface area contributed by atoms with Crippen LogP contribution in [0.15, 0.2) is 18.2 Å². The highest BCUT2D eigenvalue weighted by Gasteiger charge is 2.03. The molecule has 1 amide bonds. The largest absolute Gasteiger partial charge is 0.495 e. The van der Waals surface area contributed by atoms with Gasteiger partial charge in [-0.3, -0.25) is 4.79 Å². The minimum Gasteiger partial charge on any atom is -0.495 e. The standard InChI is InChI=1S/C9H12N2O2.ClH.H2O/c1-6(12)11-8-5-7(10)3-4-9(8)13-2;;/h3-5H,10H2,1-2H3,(H,11,12);1H;1H2. The van der Waals surface area contributed by atoms with Crippen LogP contribution in [0.25, 0.3) is 0 Å². The van der Waals surface area contributed by atoms with Crippen LogP contribution in [0.4, 0.5) is 11.4 Å². The zero-order chi connectivity index (χ0) is 9.84. The van der Waals surface area contributed by atoms with Crippen molar-refractivity contribution in [1.82, 2.24) is 0 Å². The summed E-state index contributed by atoms with van der Waals surface area (Å²) in [5.41, 5.74) is 6.73. The Morgan fingerprint density at radius 2 is 2.07 bits per heavy atom. The number of anilines is 2. The summed E-state index contributed by atoms with van der Waals surface area (Å²) in [6.07, 6.45) is 0. The SMILES string of the molecule is COc1ccc(N)cc1NC(C)=O.Cl.O. The van der Waals surface area contributed by atoms with Crippen LogP contribution >= 0.6 is 12.4 Å². The molecule has 0 atom stereocenters. The first-order valence-corrected chi connectivity index (χ1v) is 3.84. The average Bonchev–Trinajstić information content (AvgIpc) is 2.03. The molecule has 5 nitrogen and oxygen atoms in total. The molecule has 0 saturated carbocycles. The zero-order valence-electron chi connectivity index (χ0n) is 8.53. The normalized spacial score (nSPS) is 8.13. The highest BCUT2D eigenvalue weighted by Crippen LogP contribution is 2.26. The summed E-state index contributed by atoms with van der Waals surface area (Å²) in [6, 6.07) is 5.07. The molecule has 1 aromatic rings. The number of hydrogen-bond acceptors (Lipinski definition) is 3. The molecule has 86 valence electrons. The van der Waals surface area contributed by atoms with E-state index in [4.69, 9.17) is 10.5 Å². The summed E-state index contributed by atoms with van der Waals surface area (Å²) in [7, 11) is 1.54. The van der Waals surface area contributed by atoms with Crippen LogP contribution in [0.1, 0.15) is 6.92 Å². The van der Waals surface area contributed by atoms with E-state index in [9.17, 15) is 4.79 Å². The molecule has 0 aliphatic carbocycles. The minimum atomic E-state index is -0.149. The molecule has 15 heavy (non-hydrogen) atoms. The van der Waals surface area contributed by atoms with E-state index >= 15 is 0 Å². The van der Waals surface area contributed by atoms with Gasteiger partial charge in [-0.1, -0.05) is 0 Å². The number of benzene rings is 1. The molecule has 6 heteroatoms. The van der Waals surface area contributed by atoms with Gasteiger partial charge in [0.2, 0.25) is 5.91 Å². The van der Waals surface area contributed by atoms with E-state index in [1.165, 1.54) is 14.0 Å². The van der Waals surface area contributed by atoms with Crippen LogP contribution in [0.2, 0.25) is 0 Å². The molecule has 0 spiro atoms. The first kappa shape index (κ1) is 16.0. The third kappa shape index (κ3) is 4.53. The summed E-state index contributed by atoms with van der Waals surface area (Å²) >= 11 is 0. The van der Waals surface area contributed by atoms with Gasteiger partial charge in [0.05, 0.1) is 12.8 Å². The van der Waals surface area contributed by atoms with Crippen molar-refractivity contribution < 1.29 is 15.0 Å². The summed E-state index contributed by atoms with van der Waals surface area (Å²) in [5, 5.41) is 2.62. The number of hydrogen-bond donors (Lipinski definition) is 2. The number of rotatable bonds is 2. The lowest BCUT2D eigenvalue weighted by molar-refractivity contribution is -0.114. The highest BCUT2D eigenvalue weighted by atomic mass is 35.5. The Morgan fingerprint density at radius 3 is 2.53 bits per heavy atom. The number of methoxy groups -OCH3 is 1. The fraction of sp³-hybridized carbons (Fsp3) is 0.222. The first-order chi connectivity index (χ1) is 6.13. The molecule has 0 bridgehead atoms. The number of nitrogens with one attached hydrogen (secondary N) is 1. The third-order valence-corrected chi connectivity index (χ3v) is 1.53. The second kappa shape index (κ2) is 6.92. The molecule has 0 saturated heterocycles. The van der Waals surface area contributed by atoms with E-state index in [1.54, 1.807) is 18.2 Å². The van der Waals surface area contributed by atoms with Crippen molar-refractivity contribution in [3.63, 3.8) is 0 Å². The van der Waals surface area contributed by atoms with Crippen LogP contribution in [0.3, 0.4) is 0 Å². The number of nitrogens with two attached hydrogens (primary N) is 1. The highest BCUT2D eigenvalue weighted by molar-refractivity contribution is 5.91. The maximum atomic E-state index is 10.8. The summed E-state index contributed by atoms with van der Waals surface area (Å²) in [6.45, 7) is 1.43. The van der Waals surface area contributed by atoms with Crippen LogP contribution in [0.5, 0.6) is 5.75 Å². The molecule has 0 heterocycles. The molecule has 0 unspecified atom stereocenters. The van der Waals surface area contributed by atoms with Crippen molar-refractivity contribution in [2.75, 3.05) is 18.2 Å². The van der Waals surface area contributed by atoms with Crippen molar-refractivity contribution in [2.45, 2.75) is 6.92 Å². The topological polar surface area (TPSA) is 95.8 Å². The molecular formula is C9H15ClN2O3. The molecule has 0 aliphatic heterocycles. The maximum Gasteiger partial charge on any atom is 0.221 e. The van der Waals surface area contributed by atoms with E-state index in [2.05, 4.69) is 5.32 Å². The summed E-state index contributed by atoms with van der Waals surface area (Å²) < 4.78 is 5.03. The Bertz CT molecular complexity index is 331. The van der Waals surface area contributed by atoms with E-state index in [-0.39, 0.29) is 23.8 Å². The lowest BCUT2D eigenvalue weighted by Crippen LogP contribution is -2.07. The van der Waals surface area contributed by atoms with Crippen molar-refractivity contribution in [3.05, 3.63) is 18.2 Å². The second-order valence-electron chi connectivity index (χ2n) is 2.64. The van der Waals surface area contributed by atoms with Gasteiger partial charge in [0.25, 0.3) is 0 Å². The van der Waals surface area contributed by atoms with Gasteiger partial charge in [-0.25, -0.2) is 0 Å². The van der Waals surface area contributed by atoms with Crippen molar-refractivity contribution in [1.29, 1.82) is 0 Å². The van der Waals surface area contributed by atoms with Gasteiger partial charge in [0.1, 0.15) is 5.75 Å². The van der Waals surface area contributed by atoms with Gasteiger partial charge in [-0.05, 0) is 18.2 Å². The van der Waals surface area contributed by atoms with Gasteiger partial charge in [-0.15, -0.1) is 12.4 Å². The Kier molecular flexibility index (Phi) is 7.37. The number of carbonyl (C=O) groups is 1. The lowest BCUT2D eigenvalue weighted by Gasteiger charge is -2.08. The number of carbonyl (C=O) groups excluding carboxylic acids is 1. The van der Waals surface area contributed by atoms with Gasteiger partial charge in [-0.2, -0.15) is 0 Å².